The zero-order chi connectivity index (χ0) is 12.4. The molecule has 17 heavy (non-hydrogen) atoms. The van der Waals surface area contributed by atoms with Crippen LogP contribution in [0.2, 0.25) is 0 Å². The van der Waals surface area contributed by atoms with Crippen molar-refractivity contribution in [1.82, 2.24) is 0 Å². The first kappa shape index (κ1) is 13.1. The molecule has 90 valence electrons. The summed E-state index contributed by atoms with van der Waals surface area (Å²) in [5.41, 5.74) is 2.41. The molecule has 1 nitrogen and oxygen atoms in total. The summed E-state index contributed by atoms with van der Waals surface area (Å²) >= 11 is 8.87. The van der Waals surface area contributed by atoms with Crippen LogP contribution in [0.15, 0.2) is 33.2 Å². The number of hydrogen-bond acceptors (Lipinski definition) is 2. The minimum absolute atomic E-state index is 0.868. The molecule has 2 rings (SSSR count). The quantitative estimate of drug-likeness (QED) is 0.747. The summed E-state index contributed by atoms with van der Waals surface area (Å²) in [7, 11) is 0. The van der Waals surface area contributed by atoms with Gasteiger partial charge in [-0.1, -0.05) is 15.9 Å². The van der Waals surface area contributed by atoms with Gasteiger partial charge in [-0.25, -0.2) is 0 Å². The molecule has 0 saturated carbocycles. The van der Waals surface area contributed by atoms with Gasteiger partial charge in [0.05, 0.1) is 0 Å². The Labute approximate surface area is 123 Å². The smallest absolute Gasteiger partial charge is 0.0494 e. The maximum atomic E-state index is 3.54. The standard InChI is InChI=1S/C13H13Br2NS/c1-8-3-10(14)5-11(4-8)16-7-12-6-13(15)9(2)17-12/h3-6,16H,7H2,1-2H3. The van der Waals surface area contributed by atoms with Crippen LogP contribution < -0.4 is 5.32 Å². The maximum absolute atomic E-state index is 3.54. The van der Waals surface area contributed by atoms with E-state index in [0.717, 1.165) is 16.7 Å². The van der Waals surface area contributed by atoms with Gasteiger partial charge < -0.3 is 5.32 Å². The van der Waals surface area contributed by atoms with Crippen molar-refractivity contribution in [3.05, 3.63) is 48.5 Å². The molecule has 0 unspecified atom stereocenters. The monoisotopic (exact) mass is 373 g/mol. The summed E-state index contributed by atoms with van der Waals surface area (Å²) < 4.78 is 2.31. The molecule has 0 atom stereocenters. The van der Waals surface area contributed by atoms with Crippen molar-refractivity contribution in [1.29, 1.82) is 0 Å². The third-order valence-corrected chi connectivity index (χ3v) is 5.01. The van der Waals surface area contributed by atoms with Crippen molar-refractivity contribution in [3.8, 4) is 0 Å². The molecule has 4 heteroatoms. The minimum atomic E-state index is 0.868. The van der Waals surface area contributed by atoms with Gasteiger partial charge in [0.15, 0.2) is 0 Å². The molecule has 1 heterocycles. The average molecular weight is 375 g/mol. The predicted molar refractivity (Wildman–Crippen MR) is 83.0 cm³/mol. The average Bonchev–Trinajstić information content (AvgIpc) is 2.54. The topological polar surface area (TPSA) is 12.0 Å². The second-order valence-corrected chi connectivity index (χ2v) is 7.10. The first-order valence-corrected chi connectivity index (χ1v) is 7.71. The Hall–Kier alpha value is -0.320. The largest absolute Gasteiger partial charge is 0.380 e. The molecule has 1 N–H and O–H groups in total. The second-order valence-electron chi connectivity index (χ2n) is 3.99. The lowest BCUT2D eigenvalue weighted by atomic mass is 10.2. The molecule has 0 fully saturated rings. The Bertz CT molecular complexity index is 494. The Morgan fingerprint density at radius 3 is 2.47 bits per heavy atom. The van der Waals surface area contributed by atoms with Crippen molar-refractivity contribution in [2.45, 2.75) is 20.4 Å². The molecular formula is C13H13Br2NS. The van der Waals surface area contributed by atoms with Gasteiger partial charge >= 0.3 is 0 Å². The van der Waals surface area contributed by atoms with E-state index in [1.165, 1.54) is 19.8 Å². The van der Waals surface area contributed by atoms with Gasteiger partial charge in [-0.2, -0.15) is 0 Å². The van der Waals surface area contributed by atoms with E-state index in [9.17, 15) is 0 Å². The third-order valence-electron chi connectivity index (χ3n) is 2.42. The first-order valence-electron chi connectivity index (χ1n) is 5.30. The van der Waals surface area contributed by atoms with Crippen LogP contribution in [0.4, 0.5) is 5.69 Å². The van der Waals surface area contributed by atoms with Crippen molar-refractivity contribution in [2.24, 2.45) is 0 Å². The van der Waals surface area contributed by atoms with Crippen molar-refractivity contribution < 1.29 is 0 Å². The van der Waals surface area contributed by atoms with Gasteiger partial charge in [0.1, 0.15) is 0 Å². The van der Waals surface area contributed by atoms with Crippen LogP contribution in [0.5, 0.6) is 0 Å². The normalized spacial score (nSPS) is 10.6. The lowest BCUT2D eigenvalue weighted by Gasteiger charge is -2.06. The summed E-state index contributed by atoms with van der Waals surface area (Å²) in [6, 6.07) is 8.54. The highest BCUT2D eigenvalue weighted by molar-refractivity contribution is 9.10. The molecule has 0 aliphatic carbocycles. The number of benzene rings is 1. The highest BCUT2D eigenvalue weighted by Gasteiger charge is 2.03. The number of rotatable bonds is 3. The number of aryl methyl sites for hydroxylation is 2. The molecule has 0 aliphatic rings. The van der Waals surface area contributed by atoms with Crippen molar-refractivity contribution >= 4 is 48.9 Å². The van der Waals surface area contributed by atoms with Crippen LogP contribution in [0.1, 0.15) is 15.3 Å². The van der Waals surface area contributed by atoms with Gasteiger partial charge in [0, 0.05) is 30.9 Å². The molecule has 1 aromatic carbocycles. The van der Waals surface area contributed by atoms with Gasteiger partial charge in [-0.3, -0.25) is 0 Å². The molecule has 2 aromatic rings. The summed E-state index contributed by atoms with van der Waals surface area (Å²) in [4.78, 5) is 2.67. The van der Waals surface area contributed by atoms with Gasteiger partial charge in [0.25, 0.3) is 0 Å². The highest BCUT2D eigenvalue weighted by Crippen LogP contribution is 2.27. The molecule has 0 bridgehead atoms. The molecular weight excluding hydrogens is 362 g/mol. The number of thiophene rings is 1. The lowest BCUT2D eigenvalue weighted by Crippen LogP contribution is -1.97. The van der Waals surface area contributed by atoms with E-state index in [2.05, 4.69) is 75.3 Å². The predicted octanol–water partition coefficient (Wildman–Crippen LogP) is 5.50. The Morgan fingerprint density at radius 2 is 1.88 bits per heavy atom. The van der Waals surface area contributed by atoms with Crippen LogP contribution in [0.25, 0.3) is 0 Å². The molecule has 0 radical (unpaired) electrons. The van der Waals surface area contributed by atoms with E-state index in [0.29, 0.717) is 0 Å². The van der Waals surface area contributed by atoms with E-state index in [1.54, 1.807) is 0 Å². The van der Waals surface area contributed by atoms with E-state index in [-0.39, 0.29) is 0 Å². The fraction of sp³-hybridized carbons (Fsp3) is 0.231. The van der Waals surface area contributed by atoms with E-state index in [4.69, 9.17) is 0 Å². The van der Waals surface area contributed by atoms with Crippen molar-refractivity contribution in [3.63, 3.8) is 0 Å². The van der Waals surface area contributed by atoms with Crippen LogP contribution in [0.3, 0.4) is 0 Å². The Kier molecular flexibility index (Phi) is 4.28. The molecule has 0 aliphatic heterocycles. The fourth-order valence-corrected chi connectivity index (χ4v) is 3.78. The molecule has 0 spiro atoms. The minimum Gasteiger partial charge on any atom is -0.380 e. The van der Waals surface area contributed by atoms with Gasteiger partial charge in [-0.05, 0) is 59.6 Å². The fourth-order valence-electron chi connectivity index (χ4n) is 1.63. The van der Waals surface area contributed by atoms with E-state index >= 15 is 0 Å². The Balaban J connectivity index is 2.07. The third kappa shape index (κ3) is 3.57. The molecule has 0 saturated heterocycles. The zero-order valence-corrected chi connectivity index (χ0v) is 13.7. The summed E-state index contributed by atoms with van der Waals surface area (Å²) in [6.45, 7) is 5.09. The van der Waals surface area contributed by atoms with Crippen LogP contribution >= 0.6 is 43.2 Å². The van der Waals surface area contributed by atoms with Crippen LogP contribution in [0, 0.1) is 13.8 Å². The highest BCUT2D eigenvalue weighted by atomic mass is 79.9. The van der Waals surface area contributed by atoms with E-state index < -0.39 is 0 Å². The SMILES string of the molecule is Cc1cc(Br)cc(NCc2cc(Br)c(C)s2)c1. The number of anilines is 1. The molecule has 0 amide bonds. The zero-order valence-electron chi connectivity index (χ0n) is 9.68. The van der Waals surface area contributed by atoms with Crippen molar-refractivity contribution in [2.75, 3.05) is 5.32 Å². The summed E-state index contributed by atoms with van der Waals surface area (Å²) in [5.74, 6) is 0. The summed E-state index contributed by atoms with van der Waals surface area (Å²) in [6.07, 6.45) is 0. The lowest BCUT2D eigenvalue weighted by molar-refractivity contribution is 1.19. The van der Waals surface area contributed by atoms with Gasteiger partial charge in [-0.15, -0.1) is 11.3 Å². The number of hydrogen-bond donors (Lipinski definition) is 1. The molecule has 1 aromatic heterocycles. The summed E-state index contributed by atoms with van der Waals surface area (Å²) in [5, 5.41) is 3.44. The van der Waals surface area contributed by atoms with E-state index in [1.807, 2.05) is 11.3 Å². The Morgan fingerprint density at radius 1 is 1.12 bits per heavy atom. The first-order chi connectivity index (χ1) is 8.04. The number of nitrogens with one attached hydrogen (secondary N) is 1. The number of halogens is 2. The maximum Gasteiger partial charge on any atom is 0.0494 e. The van der Waals surface area contributed by atoms with Crippen LogP contribution in [-0.2, 0) is 6.54 Å². The van der Waals surface area contributed by atoms with Gasteiger partial charge in [0.2, 0.25) is 0 Å². The van der Waals surface area contributed by atoms with Crippen LogP contribution in [-0.4, -0.2) is 0 Å². The second kappa shape index (κ2) is 5.55.